The summed E-state index contributed by atoms with van der Waals surface area (Å²) in [6.45, 7) is 4.35. The molecule has 0 saturated carbocycles. The van der Waals surface area contributed by atoms with Gasteiger partial charge in [-0.1, -0.05) is 13.0 Å². The molecule has 3 rings (SSSR count). The van der Waals surface area contributed by atoms with E-state index in [9.17, 15) is 0 Å². The molecule has 1 aromatic carbocycles. The fourth-order valence-corrected chi connectivity index (χ4v) is 3.57. The number of aromatic nitrogens is 1. The highest BCUT2D eigenvalue weighted by Crippen LogP contribution is 2.39. The van der Waals surface area contributed by atoms with Gasteiger partial charge in [-0.3, -0.25) is 4.98 Å². The molecule has 1 aliphatic carbocycles. The second kappa shape index (κ2) is 5.21. The SMILES string of the molecule is COc1cc(C)cc2c1C(C)c1ncc(Br)cc1CC2. The number of benzene rings is 1. The molecular formula is C17H18BrNO. The van der Waals surface area contributed by atoms with E-state index in [4.69, 9.17) is 4.74 Å². The quantitative estimate of drug-likeness (QED) is 0.772. The molecule has 0 saturated heterocycles. The molecule has 2 nitrogen and oxygen atoms in total. The number of ether oxygens (including phenoxy) is 1. The summed E-state index contributed by atoms with van der Waals surface area (Å²) >= 11 is 3.52. The summed E-state index contributed by atoms with van der Waals surface area (Å²) < 4.78 is 6.67. The first-order valence-electron chi connectivity index (χ1n) is 6.92. The number of rotatable bonds is 1. The third-order valence-electron chi connectivity index (χ3n) is 4.07. The van der Waals surface area contributed by atoms with Crippen LogP contribution in [-0.2, 0) is 12.8 Å². The fraction of sp³-hybridized carbons (Fsp3) is 0.353. The van der Waals surface area contributed by atoms with Gasteiger partial charge in [-0.05, 0) is 64.5 Å². The number of halogens is 1. The normalized spacial score (nSPS) is 17.1. The Morgan fingerprint density at radius 1 is 1.20 bits per heavy atom. The molecule has 0 radical (unpaired) electrons. The minimum Gasteiger partial charge on any atom is -0.496 e. The minimum absolute atomic E-state index is 0.270. The molecule has 0 amide bonds. The summed E-state index contributed by atoms with van der Waals surface area (Å²) in [7, 11) is 1.75. The molecule has 0 fully saturated rings. The number of pyridine rings is 1. The number of aryl methyl sites for hydroxylation is 3. The lowest BCUT2D eigenvalue weighted by Crippen LogP contribution is -2.05. The predicted molar refractivity (Wildman–Crippen MR) is 84.6 cm³/mol. The standard InChI is InChI=1S/C17H18BrNO/c1-10-6-12-4-5-13-8-14(18)9-19-17(13)11(2)16(12)15(7-10)20-3/h6-9,11H,4-5H2,1-3H3. The minimum atomic E-state index is 0.270. The third kappa shape index (κ3) is 2.24. The van der Waals surface area contributed by atoms with Crippen LogP contribution in [0.15, 0.2) is 28.9 Å². The molecule has 1 heterocycles. The van der Waals surface area contributed by atoms with Gasteiger partial charge in [-0.2, -0.15) is 0 Å². The van der Waals surface area contributed by atoms with Gasteiger partial charge in [-0.25, -0.2) is 0 Å². The van der Waals surface area contributed by atoms with E-state index < -0.39 is 0 Å². The molecule has 3 heteroatoms. The third-order valence-corrected chi connectivity index (χ3v) is 4.50. The first-order valence-corrected chi connectivity index (χ1v) is 7.71. The van der Waals surface area contributed by atoms with E-state index >= 15 is 0 Å². The first kappa shape index (κ1) is 13.6. The maximum Gasteiger partial charge on any atom is 0.123 e. The zero-order chi connectivity index (χ0) is 14.3. The second-order valence-corrected chi connectivity index (χ2v) is 6.38. The van der Waals surface area contributed by atoms with Crippen LogP contribution in [0.4, 0.5) is 0 Å². The number of hydrogen-bond acceptors (Lipinski definition) is 2. The fourth-order valence-electron chi connectivity index (χ4n) is 3.19. The lowest BCUT2D eigenvalue weighted by atomic mass is 9.91. The van der Waals surface area contributed by atoms with Gasteiger partial charge >= 0.3 is 0 Å². The van der Waals surface area contributed by atoms with Gasteiger partial charge in [0, 0.05) is 22.2 Å². The van der Waals surface area contributed by atoms with Crippen molar-refractivity contribution in [1.29, 1.82) is 0 Å². The van der Waals surface area contributed by atoms with E-state index in [1.54, 1.807) is 7.11 Å². The Bertz CT molecular complexity index is 666. The first-order chi connectivity index (χ1) is 9.60. The van der Waals surface area contributed by atoms with E-state index in [0.29, 0.717) is 0 Å². The highest BCUT2D eigenvalue weighted by Gasteiger charge is 2.25. The van der Waals surface area contributed by atoms with Crippen molar-refractivity contribution in [2.24, 2.45) is 0 Å². The highest BCUT2D eigenvalue weighted by molar-refractivity contribution is 9.10. The van der Waals surface area contributed by atoms with Crippen molar-refractivity contribution < 1.29 is 4.74 Å². The van der Waals surface area contributed by atoms with Gasteiger partial charge in [0.05, 0.1) is 12.8 Å². The smallest absolute Gasteiger partial charge is 0.123 e. The van der Waals surface area contributed by atoms with E-state index in [2.05, 4.69) is 53.0 Å². The molecule has 2 aromatic rings. The van der Waals surface area contributed by atoms with E-state index in [0.717, 1.165) is 23.1 Å². The molecule has 0 N–H and O–H groups in total. The monoisotopic (exact) mass is 331 g/mol. The maximum absolute atomic E-state index is 5.62. The number of nitrogens with zero attached hydrogens (tertiary/aromatic N) is 1. The summed E-state index contributed by atoms with van der Waals surface area (Å²) in [4.78, 5) is 4.65. The van der Waals surface area contributed by atoms with Crippen molar-refractivity contribution in [3.63, 3.8) is 0 Å². The van der Waals surface area contributed by atoms with Crippen molar-refractivity contribution in [3.8, 4) is 5.75 Å². The Kier molecular flexibility index (Phi) is 3.55. The molecule has 1 unspecified atom stereocenters. The van der Waals surface area contributed by atoms with Crippen molar-refractivity contribution in [3.05, 3.63) is 56.8 Å². The topological polar surface area (TPSA) is 22.1 Å². The van der Waals surface area contributed by atoms with Crippen molar-refractivity contribution in [2.75, 3.05) is 7.11 Å². The Balaban J connectivity index is 2.20. The van der Waals surface area contributed by atoms with Gasteiger partial charge in [0.2, 0.25) is 0 Å². The molecule has 104 valence electrons. The van der Waals surface area contributed by atoms with Crippen LogP contribution in [0.1, 0.15) is 40.8 Å². The van der Waals surface area contributed by atoms with E-state index in [-0.39, 0.29) is 5.92 Å². The zero-order valence-corrected chi connectivity index (χ0v) is 13.6. The Hall–Kier alpha value is -1.35. The van der Waals surface area contributed by atoms with E-state index in [1.807, 2.05) is 6.20 Å². The average molecular weight is 332 g/mol. The Morgan fingerprint density at radius 2 is 1.95 bits per heavy atom. The Morgan fingerprint density at radius 3 is 2.70 bits per heavy atom. The molecule has 0 spiro atoms. The van der Waals surface area contributed by atoms with Crippen LogP contribution in [0.3, 0.4) is 0 Å². The summed E-state index contributed by atoms with van der Waals surface area (Å²) in [5, 5.41) is 0. The van der Waals surface area contributed by atoms with Crippen LogP contribution in [0.2, 0.25) is 0 Å². The highest BCUT2D eigenvalue weighted by atomic mass is 79.9. The Labute approximate surface area is 128 Å². The maximum atomic E-state index is 5.62. The molecule has 20 heavy (non-hydrogen) atoms. The second-order valence-electron chi connectivity index (χ2n) is 5.46. The van der Waals surface area contributed by atoms with Crippen LogP contribution in [0.25, 0.3) is 0 Å². The van der Waals surface area contributed by atoms with Crippen LogP contribution < -0.4 is 4.74 Å². The van der Waals surface area contributed by atoms with Crippen LogP contribution in [0, 0.1) is 6.92 Å². The molecule has 0 bridgehead atoms. The summed E-state index contributed by atoms with van der Waals surface area (Å²) in [5.41, 5.74) is 6.46. The van der Waals surface area contributed by atoms with Crippen molar-refractivity contribution in [1.82, 2.24) is 4.98 Å². The predicted octanol–water partition coefficient (Wildman–Crippen LogP) is 4.41. The van der Waals surface area contributed by atoms with Crippen molar-refractivity contribution >= 4 is 15.9 Å². The lowest BCUT2D eigenvalue weighted by Gasteiger charge is -2.18. The average Bonchev–Trinajstić information content (AvgIpc) is 2.55. The number of methoxy groups -OCH3 is 1. The molecule has 1 atom stereocenters. The van der Waals surface area contributed by atoms with Gasteiger partial charge in [0.25, 0.3) is 0 Å². The summed E-state index contributed by atoms with van der Waals surface area (Å²) in [6, 6.07) is 6.61. The van der Waals surface area contributed by atoms with Crippen molar-refractivity contribution in [2.45, 2.75) is 32.6 Å². The van der Waals surface area contributed by atoms with E-state index in [1.165, 1.54) is 27.9 Å². The molecule has 0 aliphatic heterocycles. The van der Waals surface area contributed by atoms with Crippen LogP contribution >= 0.6 is 15.9 Å². The van der Waals surface area contributed by atoms with Gasteiger partial charge in [-0.15, -0.1) is 0 Å². The van der Waals surface area contributed by atoms with Crippen LogP contribution in [-0.4, -0.2) is 12.1 Å². The lowest BCUT2D eigenvalue weighted by molar-refractivity contribution is 0.407. The van der Waals surface area contributed by atoms with Crippen LogP contribution in [0.5, 0.6) is 5.75 Å². The number of hydrogen-bond donors (Lipinski definition) is 0. The molecule has 1 aliphatic rings. The summed E-state index contributed by atoms with van der Waals surface area (Å²) in [5.74, 6) is 1.26. The molecule has 1 aromatic heterocycles. The van der Waals surface area contributed by atoms with Gasteiger partial charge < -0.3 is 4.74 Å². The number of fused-ring (bicyclic) bond motifs is 2. The van der Waals surface area contributed by atoms with Gasteiger partial charge in [0.1, 0.15) is 5.75 Å². The summed E-state index contributed by atoms with van der Waals surface area (Å²) in [6.07, 6.45) is 3.97. The van der Waals surface area contributed by atoms with Gasteiger partial charge in [0.15, 0.2) is 0 Å². The zero-order valence-electron chi connectivity index (χ0n) is 12.0. The largest absolute Gasteiger partial charge is 0.496 e. The molecular weight excluding hydrogens is 314 g/mol.